The third-order valence-corrected chi connectivity index (χ3v) is 3.31. The zero-order valence-electron chi connectivity index (χ0n) is 13.3. The number of amides is 2. The van der Waals surface area contributed by atoms with Gasteiger partial charge >= 0.3 is 5.97 Å². The Bertz CT molecular complexity index is 533. The minimum atomic E-state index is -1.16. The fourth-order valence-electron chi connectivity index (χ4n) is 2.05. The van der Waals surface area contributed by atoms with E-state index in [0.717, 1.165) is 0 Å². The van der Waals surface area contributed by atoms with Crippen molar-refractivity contribution in [3.63, 3.8) is 0 Å². The first kappa shape index (κ1) is 19.6. The average molecular weight is 340 g/mol. The van der Waals surface area contributed by atoms with Gasteiger partial charge in [0.15, 0.2) is 0 Å². The van der Waals surface area contributed by atoms with Gasteiger partial charge in [0.25, 0.3) is 0 Å². The van der Waals surface area contributed by atoms with Gasteiger partial charge in [-0.3, -0.25) is 14.4 Å². The van der Waals surface area contributed by atoms with Crippen LogP contribution in [-0.2, 0) is 20.8 Å². The molecule has 134 valence electrons. The molecule has 24 heavy (non-hydrogen) atoms. The van der Waals surface area contributed by atoms with Gasteiger partial charge in [0.1, 0.15) is 12.6 Å². The highest BCUT2D eigenvalue weighted by Crippen LogP contribution is 2.03. The molecular formula is C14H24N6O4. The molecule has 0 bridgehead atoms. The number of hydrogen-bond donors (Lipinski definition) is 6. The molecule has 2 atom stereocenters. The number of nitrogens with two attached hydrogens (primary N) is 2. The lowest BCUT2D eigenvalue weighted by Crippen LogP contribution is -2.52. The largest absolute Gasteiger partial charge is 0.480 e. The maximum Gasteiger partial charge on any atom is 0.322 e. The van der Waals surface area contributed by atoms with Crippen molar-refractivity contribution in [2.75, 3.05) is 13.1 Å². The number of unbranched alkanes of at least 4 members (excludes halogenated alkanes) is 1. The van der Waals surface area contributed by atoms with Gasteiger partial charge in [0, 0.05) is 12.6 Å². The molecule has 0 saturated heterocycles. The Hall–Kier alpha value is -2.46. The quantitative estimate of drug-likeness (QED) is 0.255. The number of carbonyl (C=O) groups excluding carboxylic acids is 2. The highest BCUT2D eigenvalue weighted by molar-refractivity contribution is 5.91. The van der Waals surface area contributed by atoms with E-state index in [1.54, 1.807) is 6.20 Å². The third kappa shape index (κ3) is 7.20. The van der Waals surface area contributed by atoms with Gasteiger partial charge in [-0.25, -0.2) is 4.98 Å². The van der Waals surface area contributed by atoms with E-state index in [2.05, 4.69) is 20.6 Å². The number of H-pyrrole nitrogens is 1. The van der Waals surface area contributed by atoms with Crippen LogP contribution in [0.3, 0.4) is 0 Å². The third-order valence-electron chi connectivity index (χ3n) is 3.31. The second-order valence-corrected chi connectivity index (χ2v) is 5.33. The highest BCUT2D eigenvalue weighted by atomic mass is 16.4. The number of nitrogens with one attached hydrogen (secondary N) is 3. The summed E-state index contributed by atoms with van der Waals surface area (Å²) < 4.78 is 0. The van der Waals surface area contributed by atoms with E-state index in [9.17, 15) is 14.4 Å². The molecular weight excluding hydrogens is 316 g/mol. The number of aromatic nitrogens is 2. The summed E-state index contributed by atoms with van der Waals surface area (Å²) in [5, 5.41) is 13.4. The van der Waals surface area contributed by atoms with E-state index in [4.69, 9.17) is 16.6 Å². The van der Waals surface area contributed by atoms with Gasteiger partial charge in [0.2, 0.25) is 11.8 Å². The molecule has 10 heteroatoms. The fourth-order valence-corrected chi connectivity index (χ4v) is 2.05. The monoisotopic (exact) mass is 340 g/mol. The molecule has 10 nitrogen and oxygen atoms in total. The molecule has 2 amide bonds. The number of imidazole rings is 1. The van der Waals surface area contributed by atoms with Gasteiger partial charge in [0.05, 0.1) is 18.1 Å². The molecule has 1 aromatic heterocycles. The van der Waals surface area contributed by atoms with Gasteiger partial charge < -0.3 is 32.2 Å². The number of aromatic amines is 1. The first-order chi connectivity index (χ1) is 11.4. The van der Waals surface area contributed by atoms with Gasteiger partial charge in [-0.15, -0.1) is 0 Å². The van der Waals surface area contributed by atoms with Crippen molar-refractivity contribution in [1.29, 1.82) is 0 Å². The molecule has 8 N–H and O–H groups in total. The Morgan fingerprint density at radius 1 is 1.29 bits per heavy atom. The van der Waals surface area contributed by atoms with Crippen LogP contribution in [0.4, 0.5) is 0 Å². The summed E-state index contributed by atoms with van der Waals surface area (Å²) in [5.41, 5.74) is 11.9. The van der Waals surface area contributed by atoms with Crippen LogP contribution in [0.2, 0.25) is 0 Å². The van der Waals surface area contributed by atoms with Crippen LogP contribution in [0.5, 0.6) is 0 Å². The highest BCUT2D eigenvalue weighted by Gasteiger charge is 2.24. The summed E-state index contributed by atoms with van der Waals surface area (Å²) in [4.78, 5) is 41.5. The number of carboxylic acids is 1. The molecule has 0 spiro atoms. The van der Waals surface area contributed by atoms with E-state index in [1.807, 2.05) is 0 Å². The number of carboxylic acid groups (broad SMARTS) is 1. The van der Waals surface area contributed by atoms with Gasteiger partial charge in [-0.1, -0.05) is 0 Å². The van der Waals surface area contributed by atoms with Crippen LogP contribution in [0.15, 0.2) is 12.5 Å². The molecule has 0 radical (unpaired) electrons. The average Bonchev–Trinajstić information content (AvgIpc) is 3.04. The van der Waals surface area contributed by atoms with E-state index in [1.165, 1.54) is 6.33 Å². The normalized spacial score (nSPS) is 13.1. The minimum Gasteiger partial charge on any atom is -0.480 e. The molecule has 0 aliphatic rings. The predicted octanol–water partition coefficient (Wildman–Crippen LogP) is -1.91. The molecule has 1 rings (SSSR count). The standard InChI is InChI=1S/C14H24N6O4/c15-4-2-1-3-11(14(24)18-7-12(21)22)20-13(23)10(16)5-9-6-17-8-19-9/h6,8,10-11H,1-5,7,15-16H2,(H,17,19)(H,18,24)(H,20,23)(H,21,22)/t10-,11-/m0/s1. The van der Waals surface area contributed by atoms with Crippen molar-refractivity contribution >= 4 is 17.8 Å². The number of hydrogen-bond acceptors (Lipinski definition) is 6. The lowest BCUT2D eigenvalue weighted by molar-refractivity contribution is -0.138. The van der Waals surface area contributed by atoms with Gasteiger partial charge in [-0.2, -0.15) is 0 Å². The summed E-state index contributed by atoms with van der Waals surface area (Å²) in [6, 6.07) is -1.72. The van der Waals surface area contributed by atoms with Crippen LogP contribution >= 0.6 is 0 Å². The Morgan fingerprint density at radius 3 is 2.62 bits per heavy atom. The molecule has 0 aromatic carbocycles. The smallest absolute Gasteiger partial charge is 0.322 e. The predicted molar refractivity (Wildman–Crippen MR) is 85.7 cm³/mol. The lowest BCUT2D eigenvalue weighted by Gasteiger charge is -2.20. The Kier molecular flexibility index (Phi) is 8.44. The second kappa shape index (κ2) is 10.3. The zero-order chi connectivity index (χ0) is 17.9. The topological polar surface area (TPSA) is 176 Å². The fraction of sp³-hybridized carbons (Fsp3) is 0.571. The zero-order valence-corrected chi connectivity index (χ0v) is 13.3. The molecule has 0 aliphatic heterocycles. The first-order valence-electron chi connectivity index (χ1n) is 7.67. The Morgan fingerprint density at radius 2 is 2.04 bits per heavy atom. The lowest BCUT2D eigenvalue weighted by atomic mass is 10.1. The van der Waals surface area contributed by atoms with Crippen LogP contribution in [0, 0.1) is 0 Å². The van der Waals surface area contributed by atoms with Crippen LogP contribution in [0.25, 0.3) is 0 Å². The van der Waals surface area contributed by atoms with Crippen molar-refractivity contribution in [3.8, 4) is 0 Å². The van der Waals surface area contributed by atoms with Crippen molar-refractivity contribution in [2.24, 2.45) is 11.5 Å². The van der Waals surface area contributed by atoms with E-state index in [0.29, 0.717) is 31.5 Å². The molecule has 0 saturated carbocycles. The van der Waals surface area contributed by atoms with Crippen LogP contribution in [-0.4, -0.2) is 58.0 Å². The maximum atomic E-state index is 12.2. The van der Waals surface area contributed by atoms with E-state index >= 15 is 0 Å². The van der Waals surface area contributed by atoms with Crippen LogP contribution < -0.4 is 22.1 Å². The minimum absolute atomic E-state index is 0.224. The molecule has 0 unspecified atom stereocenters. The molecule has 0 aliphatic carbocycles. The SMILES string of the molecule is NCCCC[C@H](NC(=O)[C@@H](N)Cc1c[nH]cn1)C(=O)NCC(=O)O. The summed E-state index contributed by atoms with van der Waals surface area (Å²) >= 11 is 0. The Labute approximate surface area is 139 Å². The summed E-state index contributed by atoms with van der Waals surface area (Å²) in [5.74, 6) is -2.22. The molecule has 0 fully saturated rings. The molecule has 1 aromatic rings. The van der Waals surface area contributed by atoms with Crippen molar-refractivity contribution < 1.29 is 19.5 Å². The maximum absolute atomic E-state index is 12.2. The number of aliphatic carboxylic acids is 1. The first-order valence-corrected chi connectivity index (χ1v) is 7.67. The van der Waals surface area contributed by atoms with E-state index in [-0.39, 0.29) is 6.42 Å². The number of rotatable bonds is 11. The van der Waals surface area contributed by atoms with E-state index < -0.39 is 36.4 Å². The van der Waals surface area contributed by atoms with Gasteiger partial charge in [-0.05, 0) is 25.8 Å². The Balaban J connectivity index is 2.58. The van der Waals surface area contributed by atoms with Crippen molar-refractivity contribution in [1.82, 2.24) is 20.6 Å². The summed E-state index contributed by atoms with van der Waals surface area (Å²) in [7, 11) is 0. The van der Waals surface area contributed by atoms with Crippen molar-refractivity contribution in [3.05, 3.63) is 18.2 Å². The number of nitrogens with zero attached hydrogens (tertiary/aromatic N) is 1. The molecule has 1 heterocycles. The summed E-state index contributed by atoms with van der Waals surface area (Å²) in [6.07, 6.45) is 5.00. The summed E-state index contributed by atoms with van der Waals surface area (Å²) in [6.45, 7) is -0.0441. The van der Waals surface area contributed by atoms with Crippen LogP contribution in [0.1, 0.15) is 25.0 Å². The van der Waals surface area contributed by atoms with Crippen molar-refractivity contribution in [2.45, 2.75) is 37.8 Å². The number of carbonyl (C=O) groups is 3. The second-order valence-electron chi connectivity index (χ2n) is 5.33.